The average molecular weight is 391 g/mol. The number of pyridine rings is 1. The van der Waals surface area contributed by atoms with E-state index in [1.165, 1.54) is 16.0 Å². The highest BCUT2D eigenvalue weighted by Gasteiger charge is 2.19. The number of amides is 1. The largest absolute Gasteiger partial charge is 0.296 e. The zero-order valence-corrected chi connectivity index (χ0v) is 16.1. The van der Waals surface area contributed by atoms with E-state index in [1.807, 2.05) is 31.4 Å². The zero-order chi connectivity index (χ0) is 19.7. The molecule has 0 bridgehead atoms. The van der Waals surface area contributed by atoms with E-state index in [2.05, 4.69) is 20.4 Å². The van der Waals surface area contributed by atoms with Gasteiger partial charge in [-0.3, -0.25) is 19.9 Å². The van der Waals surface area contributed by atoms with Gasteiger partial charge in [0.05, 0.1) is 17.1 Å². The number of nitrogens with one attached hydrogen (secondary N) is 1. The maximum absolute atomic E-state index is 12.9. The molecule has 3 aromatic heterocycles. The average Bonchev–Trinajstić information content (AvgIpc) is 3.17. The molecule has 0 atom stereocenters. The van der Waals surface area contributed by atoms with E-state index >= 15 is 0 Å². The molecule has 28 heavy (non-hydrogen) atoms. The molecule has 1 aromatic carbocycles. The van der Waals surface area contributed by atoms with Gasteiger partial charge in [-0.15, -0.1) is 11.3 Å². The van der Waals surface area contributed by atoms with Gasteiger partial charge in [-0.2, -0.15) is 5.10 Å². The van der Waals surface area contributed by atoms with Crippen LogP contribution < -0.4 is 10.9 Å². The summed E-state index contributed by atoms with van der Waals surface area (Å²) < 4.78 is 1.33. The van der Waals surface area contributed by atoms with Crippen molar-refractivity contribution in [1.29, 1.82) is 0 Å². The molecule has 0 aliphatic heterocycles. The van der Waals surface area contributed by atoms with Gasteiger partial charge in [0, 0.05) is 28.7 Å². The normalized spacial score (nSPS) is 11.1. The lowest BCUT2D eigenvalue weighted by Gasteiger charge is -2.12. The molecular formula is C20H17N5O2S. The molecule has 0 unspecified atom stereocenters. The van der Waals surface area contributed by atoms with Crippen LogP contribution in [-0.4, -0.2) is 25.7 Å². The van der Waals surface area contributed by atoms with Crippen LogP contribution in [0, 0.1) is 0 Å². The number of anilines is 1. The van der Waals surface area contributed by atoms with Gasteiger partial charge in [-0.25, -0.2) is 9.67 Å². The van der Waals surface area contributed by atoms with Gasteiger partial charge in [0.15, 0.2) is 10.8 Å². The lowest BCUT2D eigenvalue weighted by atomic mass is 10.1. The molecule has 0 radical (unpaired) electrons. The molecule has 4 rings (SSSR count). The van der Waals surface area contributed by atoms with Crippen LogP contribution in [0.15, 0.2) is 59.0 Å². The fraction of sp³-hybridized carbons (Fsp3) is 0.150. The van der Waals surface area contributed by atoms with Crippen molar-refractivity contribution in [2.45, 2.75) is 19.9 Å². The van der Waals surface area contributed by atoms with Crippen LogP contribution in [0.25, 0.3) is 22.0 Å². The van der Waals surface area contributed by atoms with Crippen molar-refractivity contribution in [1.82, 2.24) is 19.7 Å². The number of hydrogen-bond acceptors (Lipinski definition) is 6. The number of aromatic nitrogens is 4. The third-order valence-corrected chi connectivity index (χ3v) is 4.97. The summed E-state index contributed by atoms with van der Waals surface area (Å²) in [5.74, 6) is -0.405. The molecule has 4 aromatic rings. The molecule has 7 nitrogen and oxygen atoms in total. The first-order chi connectivity index (χ1) is 13.5. The van der Waals surface area contributed by atoms with Crippen LogP contribution in [0.2, 0.25) is 0 Å². The van der Waals surface area contributed by atoms with Gasteiger partial charge in [-0.1, -0.05) is 18.2 Å². The van der Waals surface area contributed by atoms with E-state index in [4.69, 9.17) is 0 Å². The highest BCUT2D eigenvalue weighted by molar-refractivity contribution is 7.14. The molecule has 3 heterocycles. The maximum Gasteiger partial charge on any atom is 0.278 e. The SMILES string of the molecule is CC(C)n1nc(C(=O)Nc2nc(-c3cccnc3)cs2)c2ccccc2c1=O. The molecule has 140 valence electrons. The van der Waals surface area contributed by atoms with Crippen LogP contribution in [0.4, 0.5) is 5.13 Å². The van der Waals surface area contributed by atoms with Gasteiger partial charge in [-0.05, 0) is 32.0 Å². The fourth-order valence-corrected chi connectivity index (χ4v) is 3.57. The van der Waals surface area contributed by atoms with E-state index < -0.39 is 5.91 Å². The summed E-state index contributed by atoms with van der Waals surface area (Å²) in [5, 5.41) is 10.4. The maximum atomic E-state index is 12.9. The molecule has 0 aliphatic carbocycles. The molecule has 1 amide bonds. The number of fused-ring (bicyclic) bond motifs is 1. The van der Waals surface area contributed by atoms with Crippen molar-refractivity contribution < 1.29 is 4.79 Å². The topological polar surface area (TPSA) is 89.8 Å². The molecule has 8 heteroatoms. The minimum atomic E-state index is -0.405. The van der Waals surface area contributed by atoms with Crippen molar-refractivity contribution in [3.8, 4) is 11.3 Å². The summed E-state index contributed by atoms with van der Waals surface area (Å²) in [7, 11) is 0. The summed E-state index contributed by atoms with van der Waals surface area (Å²) in [6, 6.07) is 10.6. The molecule has 0 aliphatic rings. The Bertz CT molecular complexity index is 1210. The summed E-state index contributed by atoms with van der Waals surface area (Å²) in [6.07, 6.45) is 3.41. The van der Waals surface area contributed by atoms with Crippen molar-refractivity contribution in [2.75, 3.05) is 5.32 Å². The van der Waals surface area contributed by atoms with Crippen molar-refractivity contribution in [3.63, 3.8) is 0 Å². The first-order valence-electron chi connectivity index (χ1n) is 8.73. The Kier molecular flexibility index (Phi) is 4.70. The molecule has 1 N–H and O–H groups in total. The predicted octanol–water partition coefficient (Wildman–Crippen LogP) is 3.75. The van der Waals surface area contributed by atoms with E-state index in [0.717, 1.165) is 11.3 Å². The van der Waals surface area contributed by atoms with Crippen LogP contribution in [-0.2, 0) is 0 Å². The fourth-order valence-electron chi connectivity index (χ4n) is 2.86. The second-order valence-electron chi connectivity index (χ2n) is 6.47. The summed E-state index contributed by atoms with van der Waals surface area (Å²) in [4.78, 5) is 34.1. The summed E-state index contributed by atoms with van der Waals surface area (Å²) in [5.41, 5.74) is 1.59. The second-order valence-corrected chi connectivity index (χ2v) is 7.33. The highest BCUT2D eigenvalue weighted by Crippen LogP contribution is 2.25. The van der Waals surface area contributed by atoms with Gasteiger partial charge < -0.3 is 0 Å². The minimum Gasteiger partial charge on any atom is -0.296 e. The Labute approximate surface area is 164 Å². The monoisotopic (exact) mass is 391 g/mol. The van der Waals surface area contributed by atoms with Crippen molar-refractivity contribution in [3.05, 3.63) is 70.2 Å². The number of benzene rings is 1. The highest BCUT2D eigenvalue weighted by atomic mass is 32.1. The first-order valence-corrected chi connectivity index (χ1v) is 9.61. The lowest BCUT2D eigenvalue weighted by Crippen LogP contribution is -2.28. The molecule has 0 fully saturated rings. The number of carbonyl (C=O) groups excluding carboxylic acids is 1. The Balaban J connectivity index is 1.71. The van der Waals surface area contributed by atoms with E-state index in [9.17, 15) is 9.59 Å². The summed E-state index contributed by atoms with van der Waals surface area (Å²) in [6.45, 7) is 3.71. The minimum absolute atomic E-state index is 0.166. The number of hydrogen-bond donors (Lipinski definition) is 1. The van der Waals surface area contributed by atoms with Crippen LogP contribution >= 0.6 is 11.3 Å². The number of carbonyl (C=O) groups is 1. The zero-order valence-electron chi connectivity index (χ0n) is 15.3. The van der Waals surface area contributed by atoms with Crippen molar-refractivity contribution >= 4 is 33.1 Å². The standard InChI is InChI=1S/C20H17N5O2S/c1-12(2)25-19(27)15-8-4-3-7-14(15)17(24-25)18(26)23-20-22-16(11-28-20)13-6-5-9-21-10-13/h3-12H,1-2H3,(H,22,23,26). The van der Waals surface area contributed by atoms with E-state index in [1.54, 1.807) is 36.7 Å². The van der Waals surface area contributed by atoms with Gasteiger partial charge in [0.1, 0.15) is 0 Å². The Hall–Kier alpha value is -3.39. The third-order valence-electron chi connectivity index (χ3n) is 4.21. The molecule has 0 saturated carbocycles. The smallest absolute Gasteiger partial charge is 0.278 e. The Morgan fingerprint density at radius 3 is 2.64 bits per heavy atom. The first kappa shape index (κ1) is 18.0. The molecule has 0 spiro atoms. The molecule has 0 saturated heterocycles. The number of nitrogens with zero attached hydrogens (tertiary/aromatic N) is 4. The van der Waals surface area contributed by atoms with E-state index in [0.29, 0.717) is 15.9 Å². The van der Waals surface area contributed by atoms with E-state index in [-0.39, 0.29) is 17.3 Å². The van der Waals surface area contributed by atoms with Crippen LogP contribution in [0.3, 0.4) is 0 Å². The van der Waals surface area contributed by atoms with Gasteiger partial charge in [0.25, 0.3) is 11.5 Å². The lowest BCUT2D eigenvalue weighted by molar-refractivity contribution is 0.102. The van der Waals surface area contributed by atoms with Crippen LogP contribution in [0.5, 0.6) is 0 Å². The summed E-state index contributed by atoms with van der Waals surface area (Å²) >= 11 is 1.32. The predicted molar refractivity (Wildman–Crippen MR) is 110 cm³/mol. The second kappa shape index (κ2) is 7.32. The number of thiazole rings is 1. The van der Waals surface area contributed by atoms with Gasteiger partial charge >= 0.3 is 0 Å². The Morgan fingerprint density at radius 1 is 1.14 bits per heavy atom. The Morgan fingerprint density at radius 2 is 1.93 bits per heavy atom. The van der Waals surface area contributed by atoms with Gasteiger partial charge in [0.2, 0.25) is 0 Å². The van der Waals surface area contributed by atoms with Crippen LogP contribution in [0.1, 0.15) is 30.4 Å². The quantitative estimate of drug-likeness (QED) is 0.572. The van der Waals surface area contributed by atoms with Crippen molar-refractivity contribution in [2.24, 2.45) is 0 Å². The number of rotatable bonds is 4. The molecular weight excluding hydrogens is 374 g/mol. The third kappa shape index (κ3) is 3.29.